The summed E-state index contributed by atoms with van der Waals surface area (Å²) in [7, 11) is 0. The third-order valence-electron chi connectivity index (χ3n) is 4.39. The van der Waals surface area contributed by atoms with Crippen LogP contribution in [-0.2, 0) is 11.4 Å². The second-order valence-electron chi connectivity index (χ2n) is 6.40. The molecule has 3 aromatic rings. The number of hydrogen-bond acceptors (Lipinski definition) is 2. The van der Waals surface area contributed by atoms with E-state index in [4.69, 9.17) is 4.74 Å². The number of carbonyl (C=O) groups is 1. The Balaban J connectivity index is 1.49. The van der Waals surface area contributed by atoms with E-state index in [1.54, 1.807) is 0 Å². The quantitative estimate of drug-likeness (QED) is 0.673. The van der Waals surface area contributed by atoms with E-state index < -0.39 is 0 Å². The summed E-state index contributed by atoms with van der Waals surface area (Å²) >= 11 is 0. The number of fused-ring (bicyclic) bond motifs is 1. The third kappa shape index (κ3) is 3.38. The van der Waals surface area contributed by atoms with Gasteiger partial charge in [-0.1, -0.05) is 60.2 Å². The van der Waals surface area contributed by atoms with Crippen molar-refractivity contribution in [3.63, 3.8) is 0 Å². The van der Waals surface area contributed by atoms with Gasteiger partial charge < -0.3 is 10.1 Å². The lowest BCUT2D eigenvalue weighted by molar-refractivity contribution is -0.110. The lowest BCUT2D eigenvalue weighted by Crippen LogP contribution is -2.03. The van der Waals surface area contributed by atoms with Crippen molar-refractivity contribution >= 4 is 23.2 Å². The number of rotatable bonds is 4. The zero-order chi connectivity index (χ0) is 17.9. The number of benzene rings is 3. The summed E-state index contributed by atoms with van der Waals surface area (Å²) in [6.07, 6.45) is 1.91. The van der Waals surface area contributed by atoms with Crippen molar-refractivity contribution in [1.29, 1.82) is 0 Å². The molecule has 0 saturated heterocycles. The number of hydrogen-bond donors (Lipinski definition) is 1. The van der Waals surface area contributed by atoms with Crippen LogP contribution in [0.25, 0.3) is 11.6 Å². The first-order chi connectivity index (χ1) is 12.7. The first kappa shape index (κ1) is 16.2. The summed E-state index contributed by atoms with van der Waals surface area (Å²) in [5.41, 5.74) is 5.83. The topological polar surface area (TPSA) is 38.3 Å². The maximum atomic E-state index is 12.2. The molecule has 1 N–H and O–H groups in total. The predicted octanol–water partition coefficient (Wildman–Crippen LogP) is 5.07. The lowest BCUT2D eigenvalue weighted by Gasteiger charge is -2.07. The molecular weight excluding hydrogens is 322 g/mol. The van der Waals surface area contributed by atoms with E-state index in [1.165, 1.54) is 5.56 Å². The zero-order valence-corrected chi connectivity index (χ0v) is 14.5. The predicted molar refractivity (Wildman–Crippen MR) is 105 cm³/mol. The summed E-state index contributed by atoms with van der Waals surface area (Å²) in [5.74, 6) is 0.746. The zero-order valence-electron chi connectivity index (χ0n) is 14.5. The molecule has 0 fully saturated rings. The van der Waals surface area contributed by atoms with Crippen LogP contribution in [0.5, 0.6) is 5.75 Å². The molecular formula is C23H19NO2. The third-order valence-corrected chi connectivity index (χ3v) is 4.39. The molecule has 128 valence electrons. The van der Waals surface area contributed by atoms with Crippen LogP contribution in [0.4, 0.5) is 5.69 Å². The van der Waals surface area contributed by atoms with Crippen LogP contribution in [0.2, 0.25) is 0 Å². The maximum Gasteiger partial charge on any atom is 0.256 e. The van der Waals surface area contributed by atoms with Crippen molar-refractivity contribution in [3.8, 4) is 5.75 Å². The molecule has 1 aliphatic heterocycles. The Morgan fingerprint density at radius 3 is 2.58 bits per heavy atom. The summed E-state index contributed by atoms with van der Waals surface area (Å²) in [6.45, 7) is 2.61. The molecule has 0 unspecified atom stereocenters. The van der Waals surface area contributed by atoms with Crippen molar-refractivity contribution in [2.75, 3.05) is 5.32 Å². The standard InChI is InChI=1S/C23H19NO2/c1-16-5-4-6-18(13-16)15-26-19-11-9-17(10-12-19)14-21-20-7-2-3-8-22(20)24-23(21)25/h2-14H,15H2,1H3,(H,24,25)/b21-14-. The second-order valence-corrected chi connectivity index (χ2v) is 6.40. The Morgan fingerprint density at radius 2 is 1.77 bits per heavy atom. The van der Waals surface area contributed by atoms with Crippen molar-refractivity contribution in [3.05, 3.63) is 95.1 Å². The van der Waals surface area contributed by atoms with E-state index in [0.29, 0.717) is 12.2 Å². The number of para-hydroxylation sites is 1. The monoisotopic (exact) mass is 341 g/mol. The van der Waals surface area contributed by atoms with Crippen molar-refractivity contribution < 1.29 is 9.53 Å². The second kappa shape index (κ2) is 6.89. The van der Waals surface area contributed by atoms with Gasteiger partial charge in [0, 0.05) is 16.8 Å². The molecule has 3 heteroatoms. The summed E-state index contributed by atoms with van der Waals surface area (Å²) in [4.78, 5) is 12.2. The van der Waals surface area contributed by atoms with Gasteiger partial charge in [0.25, 0.3) is 5.91 Å². The molecule has 26 heavy (non-hydrogen) atoms. The fourth-order valence-corrected chi connectivity index (χ4v) is 3.08. The van der Waals surface area contributed by atoms with E-state index >= 15 is 0 Å². The number of carbonyl (C=O) groups excluding carboxylic acids is 1. The largest absolute Gasteiger partial charge is 0.489 e. The Bertz CT molecular complexity index is 987. The van der Waals surface area contributed by atoms with Crippen molar-refractivity contribution in [2.45, 2.75) is 13.5 Å². The normalized spacial score (nSPS) is 14.2. The average molecular weight is 341 g/mol. The van der Waals surface area contributed by atoms with E-state index in [1.807, 2.05) is 60.7 Å². The van der Waals surface area contributed by atoms with E-state index in [2.05, 4.69) is 30.4 Å². The van der Waals surface area contributed by atoms with Gasteiger partial charge in [-0.2, -0.15) is 0 Å². The molecule has 0 saturated carbocycles. The Labute approximate surface area is 152 Å². The molecule has 1 heterocycles. The van der Waals surface area contributed by atoms with Crippen LogP contribution in [0.15, 0.2) is 72.8 Å². The van der Waals surface area contributed by atoms with Gasteiger partial charge in [0.15, 0.2) is 0 Å². The molecule has 4 rings (SSSR count). The minimum atomic E-state index is -0.0639. The fourth-order valence-electron chi connectivity index (χ4n) is 3.08. The van der Waals surface area contributed by atoms with Crippen LogP contribution in [0, 0.1) is 6.92 Å². The SMILES string of the molecule is Cc1cccc(COc2ccc(/C=C3\C(=O)Nc4ccccc43)cc2)c1. The molecule has 0 radical (unpaired) electrons. The van der Waals surface area contributed by atoms with Gasteiger partial charge in [0.1, 0.15) is 12.4 Å². The Hall–Kier alpha value is -3.33. The highest BCUT2D eigenvalue weighted by molar-refractivity contribution is 6.34. The summed E-state index contributed by atoms with van der Waals surface area (Å²) in [6, 6.07) is 23.8. The van der Waals surface area contributed by atoms with Crippen LogP contribution in [0.3, 0.4) is 0 Å². The Morgan fingerprint density at radius 1 is 0.962 bits per heavy atom. The Kier molecular flexibility index (Phi) is 4.28. The van der Waals surface area contributed by atoms with Crippen molar-refractivity contribution in [2.24, 2.45) is 0 Å². The van der Waals surface area contributed by atoms with E-state index in [0.717, 1.165) is 28.1 Å². The molecule has 0 spiro atoms. The smallest absolute Gasteiger partial charge is 0.256 e. The molecule has 3 aromatic carbocycles. The average Bonchev–Trinajstić information content (AvgIpc) is 2.97. The molecule has 0 bridgehead atoms. The van der Waals surface area contributed by atoms with Crippen molar-refractivity contribution in [1.82, 2.24) is 0 Å². The lowest BCUT2D eigenvalue weighted by atomic mass is 10.0. The van der Waals surface area contributed by atoms with Gasteiger partial charge in [-0.15, -0.1) is 0 Å². The summed E-state index contributed by atoms with van der Waals surface area (Å²) < 4.78 is 5.85. The first-order valence-corrected chi connectivity index (χ1v) is 8.60. The summed E-state index contributed by atoms with van der Waals surface area (Å²) in [5, 5.41) is 2.89. The number of ether oxygens (including phenoxy) is 1. The van der Waals surface area contributed by atoms with Gasteiger partial charge >= 0.3 is 0 Å². The fraction of sp³-hybridized carbons (Fsp3) is 0.0870. The van der Waals surface area contributed by atoms with Gasteiger partial charge in [-0.25, -0.2) is 0 Å². The van der Waals surface area contributed by atoms with Crippen LogP contribution in [0.1, 0.15) is 22.3 Å². The highest BCUT2D eigenvalue weighted by Crippen LogP contribution is 2.32. The molecule has 1 amide bonds. The number of aryl methyl sites for hydroxylation is 1. The minimum Gasteiger partial charge on any atom is -0.489 e. The molecule has 0 aliphatic carbocycles. The first-order valence-electron chi connectivity index (χ1n) is 8.60. The van der Waals surface area contributed by atoms with Crippen LogP contribution < -0.4 is 10.1 Å². The molecule has 0 atom stereocenters. The number of amides is 1. The minimum absolute atomic E-state index is 0.0639. The van der Waals surface area contributed by atoms with Gasteiger partial charge in [0.2, 0.25) is 0 Å². The van der Waals surface area contributed by atoms with Gasteiger partial charge in [0.05, 0.1) is 0 Å². The van der Waals surface area contributed by atoms with Crippen LogP contribution >= 0.6 is 0 Å². The molecule has 1 aliphatic rings. The number of anilines is 1. The molecule has 3 nitrogen and oxygen atoms in total. The number of nitrogens with one attached hydrogen (secondary N) is 1. The van der Waals surface area contributed by atoms with Gasteiger partial charge in [-0.3, -0.25) is 4.79 Å². The van der Waals surface area contributed by atoms with Crippen LogP contribution in [-0.4, -0.2) is 5.91 Å². The van der Waals surface area contributed by atoms with E-state index in [9.17, 15) is 4.79 Å². The molecule has 0 aromatic heterocycles. The van der Waals surface area contributed by atoms with E-state index in [-0.39, 0.29) is 5.91 Å². The van der Waals surface area contributed by atoms with Gasteiger partial charge in [-0.05, 0) is 42.3 Å². The highest BCUT2D eigenvalue weighted by Gasteiger charge is 2.23. The maximum absolute atomic E-state index is 12.2. The highest BCUT2D eigenvalue weighted by atomic mass is 16.5.